The van der Waals surface area contributed by atoms with Crippen LogP contribution in [0.2, 0.25) is 0 Å². The molecule has 1 unspecified atom stereocenters. The van der Waals surface area contributed by atoms with Gasteiger partial charge in [0.25, 0.3) is 0 Å². The van der Waals surface area contributed by atoms with Gasteiger partial charge in [0.1, 0.15) is 0 Å². The second-order valence-electron chi connectivity index (χ2n) is 4.69. The first-order valence-corrected chi connectivity index (χ1v) is 8.38. The lowest BCUT2D eigenvalue weighted by Gasteiger charge is -2.34. The Morgan fingerprint density at radius 2 is 2.33 bits per heavy atom. The first-order valence-electron chi connectivity index (χ1n) is 6.56. The predicted molar refractivity (Wildman–Crippen MR) is 75.2 cm³/mol. The van der Waals surface area contributed by atoms with Crippen molar-refractivity contribution in [2.45, 2.75) is 19.4 Å². The molecule has 1 N–H and O–H groups in total. The van der Waals surface area contributed by atoms with Crippen LogP contribution in [0.4, 0.5) is 5.95 Å². The fourth-order valence-electron chi connectivity index (χ4n) is 2.22. The minimum Gasteiger partial charge on any atom is -0.481 e. The van der Waals surface area contributed by atoms with E-state index in [-0.39, 0.29) is 24.5 Å². The number of aliphatic carboxylic acids is 1. The van der Waals surface area contributed by atoms with E-state index in [0.717, 1.165) is 0 Å². The number of rotatable bonds is 5. The molecule has 0 spiro atoms. The highest BCUT2D eigenvalue weighted by atomic mass is 32.2. The van der Waals surface area contributed by atoms with Gasteiger partial charge in [-0.1, -0.05) is 0 Å². The van der Waals surface area contributed by atoms with Crippen molar-refractivity contribution in [2.24, 2.45) is 0 Å². The highest BCUT2D eigenvalue weighted by molar-refractivity contribution is 7.91. The molecule has 1 atom stereocenters. The van der Waals surface area contributed by atoms with Gasteiger partial charge in [-0.25, -0.2) is 13.4 Å². The van der Waals surface area contributed by atoms with Gasteiger partial charge in [0.15, 0.2) is 9.84 Å². The van der Waals surface area contributed by atoms with Crippen LogP contribution in [0.3, 0.4) is 0 Å². The number of nitrogens with zero attached hydrogens (tertiary/aromatic N) is 3. The summed E-state index contributed by atoms with van der Waals surface area (Å²) in [4.78, 5) is 20.9. The van der Waals surface area contributed by atoms with E-state index in [1.54, 1.807) is 11.0 Å². The van der Waals surface area contributed by atoms with Crippen molar-refractivity contribution in [1.29, 1.82) is 0 Å². The lowest BCUT2D eigenvalue weighted by Crippen LogP contribution is -2.50. The van der Waals surface area contributed by atoms with Crippen LogP contribution in [0.1, 0.15) is 13.3 Å². The molecule has 21 heavy (non-hydrogen) atoms. The van der Waals surface area contributed by atoms with Crippen LogP contribution < -0.4 is 9.64 Å². The number of ether oxygens (including phenoxy) is 1. The van der Waals surface area contributed by atoms with E-state index in [9.17, 15) is 13.2 Å². The van der Waals surface area contributed by atoms with E-state index in [4.69, 9.17) is 9.84 Å². The topological polar surface area (TPSA) is 110 Å². The molecule has 1 aromatic heterocycles. The first kappa shape index (κ1) is 15.5. The van der Waals surface area contributed by atoms with Gasteiger partial charge in [-0.05, 0) is 6.92 Å². The number of carbonyl (C=O) groups is 1. The molecule has 0 saturated carbocycles. The average Bonchev–Trinajstić information content (AvgIpc) is 2.38. The van der Waals surface area contributed by atoms with Gasteiger partial charge < -0.3 is 14.7 Å². The Balaban J connectivity index is 2.26. The molecule has 0 bridgehead atoms. The SMILES string of the molecule is CCOc1ccnc(N2CCS(=O)(=O)CC2CC(=O)O)n1. The van der Waals surface area contributed by atoms with Gasteiger partial charge >= 0.3 is 5.97 Å². The monoisotopic (exact) mass is 315 g/mol. The number of carboxylic acid groups (broad SMARTS) is 1. The molecule has 2 heterocycles. The van der Waals surface area contributed by atoms with Gasteiger partial charge in [0, 0.05) is 18.8 Å². The van der Waals surface area contributed by atoms with Crippen LogP contribution in [-0.4, -0.2) is 60.2 Å². The summed E-state index contributed by atoms with van der Waals surface area (Å²) in [7, 11) is -3.23. The summed E-state index contributed by atoms with van der Waals surface area (Å²) in [6.07, 6.45) is 1.23. The summed E-state index contributed by atoms with van der Waals surface area (Å²) < 4.78 is 28.7. The van der Waals surface area contributed by atoms with Gasteiger partial charge in [-0.15, -0.1) is 0 Å². The zero-order valence-corrected chi connectivity index (χ0v) is 12.4. The van der Waals surface area contributed by atoms with Gasteiger partial charge in [0.2, 0.25) is 11.8 Å². The summed E-state index contributed by atoms with van der Waals surface area (Å²) >= 11 is 0. The summed E-state index contributed by atoms with van der Waals surface area (Å²) in [6, 6.07) is 0.929. The second kappa shape index (κ2) is 6.25. The zero-order chi connectivity index (χ0) is 15.5. The third-order valence-electron chi connectivity index (χ3n) is 3.11. The molecule has 8 nitrogen and oxygen atoms in total. The summed E-state index contributed by atoms with van der Waals surface area (Å²) in [6.45, 7) is 2.45. The van der Waals surface area contributed by atoms with Crippen LogP contribution in [0.15, 0.2) is 12.3 Å². The minimum atomic E-state index is -3.23. The van der Waals surface area contributed by atoms with Crippen molar-refractivity contribution in [3.63, 3.8) is 0 Å². The lowest BCUT2D eigenvalue weighted by molar-refractivity contribution is -0.137. The van der Waals surface area contributed by atoms with E-state index in [1.807, 2.05) is 6.92 Å². The number of aromatic nitrogens is 2. The lowest BCUT2D eigenvalue weighted by atomic mass is 10.2. The number of anilines is 1. The minimum absolute atomic E-state index is 0.0364. The van der Waals surface area contributed by atoms with Crippen molar-refractivity contribution in [3.05, 3.63) is 12.3 Å². The molecule has 2 rings (SSSR count). The Morgan fingerprint density at radius 3 is 3.00 bits per heavy atom. The van der Waals surface area contributed by atoms with Crippen LogP contribution in [-0.2, 0) is 14.6 Å². The Bertz CT molecular complexity index is 619. The molecule has 0 amide bonds. The van der Waals surface area contributed by atoms with Gasteiger partial charge in [0.05, 0.1) is 30.6 Å². The molecule has 1 fully saturated rings. The Hall–Kier alpha value is -1.90. The standard InChI is InChI=1S/C12H17N3O5S/c1-2-20-10-3-4-13-12(14-10)15-5-6-21(18,19)8-9(15)7-11(16)17/h3-4,9H,2,5-8H2,1H3,(H,16,17). The van der Waals surface area contributed by atoms with Crippen molar-refractivity contribution in [3.8, 4) is 5.88 Å². The maximum atomic E-state index is 11.7. The van der Waals surface area contributed by atoms with E-state index in [2.05, 4.69) is 9.97 Å². The maximum absolute atomic E-state index is 11.7. The highest BCUT2D eigenvalue weighted by Gasteiger charge is 2.34. The molecule has 0 aromatic carbocycles. The normalized spacial score (nSPS) is 21.0. The molecule has 9 heteroatoms. The second-order valence-corrected chi connectivity index (χ2v) is 6.92. The number of hydrogen-bond acceptors (Lipinski definition) is 7. The largest absolute Gasteiger partial charge is 0.481 e. The fraction of sp³-hybridized carbons (Fsp3) is 0.583. The van der Waals surface area contributed by atoms with Crippen molar-refractivity contribution in [1.82, 2.24) is 9.97 Å². The quantitative estimate of drug-likeness (QED) is 0.805. The van der Waals surface area contributed by atoms with Crippen LogP contribution in [0, 0.1) is 0 Å². The maximum Gasteiger partial charge on any atom is 0.305 e. The molecule has 1 aromatic rings. The van der Waals surface area contributed by atoms with E-state index < -0.39 is 21.8 Å². The number of carboxylic acids is 1. The molecular formula is C12H17N3O5S. The van der Waals surface area contributed by atoms with Gasteiger partial charge in [-0.3, -0.25) is 4.79 Å². The third kappa shape index (κ3) is 4.03. The number of sulfone groups is 1. The Kier molecular flexibility index (Phi) is 4.61. The molecule has 1 saturated heterocycles. The van der Waals surface area contributed by atoms with E-state index >= 15 is 0 Å². The van der Waals surface area contributed by atoms with Crippen LogP contribution in [0.5, 0.6) is 5.88 Å². The van der Waals surface area contributed by atoms with Crippen LogP contribution >= 0.6 is 0 Å². The summed E-state index contributed by atoms with van der Waals surface area (Å²) in [5.41, 5.74) is 0. The van der Waals surface area contributed by atoms with E-state index in [1.165, 1.54) is 6.20 Å². The highest BCUT2D eigenvalue weighted by Crippen LogP contribution is 2.21. The van der Waals surface area contributed by atoms with Gasteiger partial charge in [-0.2, -0.15) is 4.98 Å². The van der Waals surface area contributed by atoms with Crippen LogP contribution in [0.25, 0.3) is 0 Å². The molecule has 0 aliphatic carbocycles. The molecule has 116 valence electrons. The number of hydrogen-bond donors (Lipinski definition) is 1. The zero-order valence-electron chi connectivity index (χ0n) is 11.6. The van der Waals surface area contributed by atoms with Crippen molar-refractivity contribution >= 4 is 21.8 Å². The van der Waals surface area contributed by atoms with Crippen molar-refractivity contribution in [2.75, 3.05) is 29.6 Å². The fourth-order valence-corrected chi connectivity index (χ4v) is 3.75. The summed E-state index contributed by atoms with van der Waals surface area (Å²) in [5.74, 6) is -0.623. The van der Waals surface area contributed by atoms with Crippen molar-refractivity contribution < 1.29 is 23.1 Å². The molecular weight excluding hydrogens is 298 g/mol. The molecule has 1 aliphatic heterocycles. The molecule has 1 aliphatic rings. The molecule has 0 radical (unpaired) electrons. The third-order valence-corrected chi connectivity index (χ3v) is 4.80. The average molecular weight is 315 g/mol. The van der Waals surface area contributed by atoms with E-state index in [0.29, 0.717) is 18.4 Å². The smallest absolute Gasteiger partial charge is 0.305 e. The first-order chi connectivity index (χ1) is 9.91. The Morgan fingerprint density at radius 1 is 1.57 bits per heavy atom. The Labute approximate surface area is 122 Å². The summed E-state index contributed by atoms with van der Waals surface area (Å²) in [5, 5.41) is 8.95. The predicted octanol–water partition coefficient (Wildman–Crippen LogP) is -0.0466.